The van der Waals surface area contributed by atoms with Gasteiger partial charge in [-0.2, -0.15) is 0 Å². The van der Waals surface area contributed by atoms with Gasteiger partial charge in [-0.15, -0.1) is 12.4 Å². The molecule has 1 fully saturated rings. The average molecular weight is 431 g/mol. The number of hydrogen-bond donors (Lipinski definition) is 2. The first-order valence-electron chi connectivity index (χ1n) is 9.60. The van der Waals surface area contributed by atoms with Crippen molar-refractivity contribution in [2.45, 2.75) is 0 Å². The van der Waals surface area contributed by atoms with Gasteiger partial charge in [0.25, 0.3) is 0 Å². The zero-order valence-corrected chi connectivity index (χ0v) is 17.5. The second-order valence-electron chi connectivity index (χ2n) is 6.60. The number of hydrogen-bond acceptors (Lipinski definition) is 6. The highest BCUT2D eigenvalue weighted by Crippen LogP contribution is 2.16. The zero-order valence-electron chi connectivity index (χ0n) is 16.7. The lowest BCUT2D eigenvalue weighted by Gasteiger charge is -2.25. The van der Waals surface area contributed by atoms with E-state index in [1.165, 1.54) is 6.08 Å². The largest absolute Gasteiger partial charge is 0.397 e. The number of oxime groups is 1. The van der Waals surface area contributed by atoms with Gasteiger partial charge in [-0.25, -0.2) is 0 Å². The summed E-state index contributed by atoms with van der Waals surface area (Å²) in [5.41, 5.74) is 8.79. The SMILES string of the molecule is Cl.Nc1ccccc1NC(=O)/C=C/c1ccc(/C=N/OCCN2CCOCC2)cc1. The Morgan fingerprint density at radius 2 is 1.83 bits per heavy atom. The van der Waals surface area contributed by atoms with E-state index in [4.69, 9.17) is 15.3 Å². The number of amides is 1. The van der Waals surface area contributed by atoms with Crippen molar-refractivity contribution in [3.05, 3.63) is 65.7 Å². The van der Waals surface area contributed by atoms with E-state index in [-0.39, 0.29) is 18.3 Å². The Kier molecular flexibility index (Phi) is 9.86. The molecule has 0 spiro atoms. The van der Waals surface area contributed by atoms with Crippen molar-refractivity contribution in [1.82, 2.24) is 4.90 Å². The van der Waals surface area contributed by atoms with Gasteiger partial charge in [-0.05, 0) is 29.3 Å². The van der Waals surface area contributed by atoms with Gasteiger partial charge < -0.3 is 20.6 Å². The summed E-state index contributed by atoms with van der Waals surface area (Å²) in [5.74, 6) is -0.234. The summed E-state index contributed by atoms with van der Waals surface area (Å²) in [7, 11) is 0. The summed E-state index contributed by atoms with van der Waals surface area (Å²) in [4.78, 5) is 19.6. The monoisotopic (exact) mass is 430 g/mol. The summed E-state index contributed by atoms with van der Waals surface area (Å²) < 4.78 is 5.31. The standard InChI is InChI=1S/C22H26N4O3.ClH/c23-20-3-1-2-4-21(20)25-22(27)10-9-18-5-7-19(8-6-18)17-24-29-16-13-26-11-14-28-15-12-26;/h1-10,17H,11-16,23H2,(H,25,27);1H/b10-9+,24-17+;. The number of benzene rings is 2. The van der Waals surface area contributed by atoms with Crippen molar-refractivity contribution < 1.29 is 14.4 Å². The van der Waals surface area contributed by atoms with E-state index in [2.05, 4.69) is 15.4 Å². The molecule has 2 aromatic rings. The number of ether oxygens (including phenoxy) is 1. The molecule has 3 N–H and O–H groups in total. The normalized spacial score (nSPS) is 14.5. The van der Waals surface area contributed by atoms with E-state index in [9.17, 15) is 4.79 Å². The maximum absolute atomic E-state index is 12.0. The molecule has 0 aromatic heterocycles. The van der Waals surface area contributed by atoms with Gasteiger partial charge in [0.1, 0.15) is 6.61 Å². The van der Waals surface area contributed by atoms with Crippen LogP contribution in [0.5, 0.6) is 0 Å². The molecule has 2 aromatic carbocycles. The van der Waals surface area contributed by atoms with Crippen molar-refractivity contribution in [3.63, 3.8) is 0 Å². The van der Waals surface area contributed by atoms with Crippen molar-refractivity contribution in [2.24, 2.45) is 5.16 Å². The maximum Gasteiger partial charge on any atom is 0.248 e. The fourth-order valence-electron chi connectivity index (χ4n) is 2.80. The molecule has 8 heteroatoms. The van der Waals surface area contributed by atoms with Crippen LogP contribution < -0.4 is 11.1 Å². The minimum absolute atomic E-state index is 0. The molecule has 0 atom stereocenters. The summed E-state index contributed by atoms with van der Waals surface area (Å²) in [6, 6.07) is 14.8. The highest BCUT2D eigenvalue weighted by Gasteiger charge is 2.09. The molecule has 30 heavy (non-hydrogen) atoms. The van der Waals surface area contributed by atoms with Crippen LogP contribution in [0, 0.1) is 0 Å². The van der Waals surface area contributed by atoms with Crippen LogP contribution in [0.1, 0.15) is 11.1 Å². The third kappa shape index (κ3) is 7.87. The predicted molar refractivity (Wildman–Crippen MR) is 123 cm³/mol. The molecule has 3 rings (SSSR count). The van der Waals surface area contributed by atoms with E-state index >= 15 is 0 Å². The van der Waals surface area contributed by atoms with Crippen molar-refractivity contribution >= 4 is 42.0 Å². The van der Waals surface area contributed by atoms with Crippen LogP contribution in [-0.4, -0.2) is 56.5 Å². The van der Waals surface area contributed by atoms with Crippen LogP contribution in [0.15, 0.2) is 59.8 Å². The van der Waals surface area contributed by atoms with E-state index in [0.717, 1.165) is 44.0 Å². The minimum Gasteiger partial charge on any atom is -0.397 e. The molecule has 160 valence electrons. The van der Waals surface area contributed by atoms with E-state index < -0.39 is 0 Å². The minimum atomic E-state index is -0.234. The molecular formula is C22H27ClN4O3. The molecule has 0 radical (unpaired) electrons. The average Bonchev–Trinajstić information content (AvgIpc) is 2.75. The third-order valence-electron chi connectivity index (χ3n) is 4.46. The number of morpholine rings is 1. The van der Waals surface area contributed by atoms with Crippen LogP contribution in [0.2, 0.25) is 0 Å². The molecule has 1 amide bonds. The first-order chi connectivity index (χ1) is 14.2. The number of para-hydroxylation sites is 2. The quantitative estimate of drug-likeness (QED) is 0.221. The topological polar surface area (TPSA) is 89.2 Å². The fraction of sp³-hybridized carbons (Fsp3) is 0.273. The van der Waals surface area contributed by atoms with Crippen LogP contribution in [0.3, 0.4) is 0 Å². The predicted octanol–water partition coefficient (Wildman–Crippen LogP) is 3.03. The lowest BCUT2D eigenvalue weighted by Crippen LogP contribution is -2.38. The molecule has 0 unspecified atom stereocenters. The Labute approximate surface area is 182 Å². The molecule has 1 aliphatic rings. The van der Waals surface area contributed by atoms with E-state index in [1.807, 2.05) is 36.4 Å². The number of nitrogen functional groups attached to an aromatic ring is 1. The third-order valence-corrected chi connectivity index (χ3v) is 4.46. The molecule has 1 aliphatic heterocycles. The molecule has 0 bridgehead atoms. The van der Waals surface area contributed by atoms with Crippen molar-refractivity contribution in [2.75, 3.05) is 50.5 Å². The molecule has 0 aliphatic carbocycles. The summed E-state index contributed by atoms with van der Waals surface area (Å²) in [6.07, 6.45) is 4.90. The second-order valence-corrected chi connectivity index (χ2v) is 6.60. The van der Waals surface area contributed by atoms with Gasteiger partial charge in [-0.3, -0.25) is 9.69 Å². The van der Waals surface area contributed by atoms with Crippen LogP contribution in [-0.2, 0) is 14.4 Å². The van der Waals surface area contributed by atoms with Crippen LogP contribution >= 0.6 is 12.4 Å². The number of nitrogens with one attached hydrogen (secondary N) is 1. The molecule has 0 saturated carbocycles. The van der Waals surface area contributed by atoms with E-state index in [0.29, 0.717) is 18.0 Å². The Bertz CT molecular complexity index is 850. The van der Waals surface area contributed by atoms with Crippen molar-refractivity contribution in [3.8, 4) is 0 Å². The highest BCUT2D eigenvalue weighted by atomic mass is 35.5. The highest BCUT2D eigenvalue weighted by molar-refractivity contribution is 6.03. The van der Waals surface area contributed by atoms with Crippen LogP contribution in [0.25, 0.3) is 6.08 Å². The smallest absolute Gasteiger partial charge is 0.248 e. The first-order valence-corrected chi connectivity index (χ1v) is 9.60. The second kappa shape index (κ2) is 12.6. The lowest BCUT2D eigenvalue weighted by atomic mass is 10.1. The van der Waals surface area contributed by atoms with Gasteiger partial charge in [0.05, 0.1) is 30.8 Å². The number of rotatable bonds is 8. The zero-order chi connectivity index (χ0) is 20.3. The number of halogens is 1. The van der Waals surface area contributed by atoms with E-state index in [1.54, 1.807) is 24.4 Å². The Morgan fingerprint density at radius 1 is 1.13 bits per heavy atom. The van der Waals surface area contributed by atoms with Gasteiger partial charge in [0.2, 0.25) is 5.91 Å². The molecular weight excluding hydrogens is 404 g/mol. The van der Waals surface area contributed by atoms with Gasteiger partial charge in [-0.1, -0.05) is 41.6 Å². The Morgan fingerprint density at radius 3 is 2.57 bits per heavy atom. The number of nitrogens with two attached hydrogens (primary N) is 1. The summed E-state index contributed by atoms with van der Waals surface area (Å²) in [6.45, 7) is 4.86. The summed E-state index contributed by atoms with van der Waals surface area (Å²) >= 11 is 0. The fourth-order valence-corrected chi connectivity index (χ4v) is 2.80. The molecule has 1 heterocycles. The number of nitrogens with zero attached hydrogens (tertiary/aromatic N) is 2. The summed E-state index contributed by atoms with van der Waals surface area (Å²) in [5, 5.41) is 6.76. The Hall–Kier alpha value is -2.87. The first kappa shape index (κ1) is 23.4. The molecule has 1 saturated heterocycles. The number of anilines is 2. The van der Waals surface area contributed by atoms with Gasteiger partial charge in [0, 0.05) is 25.7 Å². The maximum atomic E-state index is 12.0. The number of carbonyl (C=O) groups is 1. The molecule has 7 nitrogen and oxygen atoms in total. The Balaban J connectivity index is 0.00000320. The van der Waals surface area contributed by atoms with Gasteiger partial charge in [0.15, 0.2) is 0 Å². The lowest BCUT2D eigenvalue weighted by molar-refractivity contribution is -0.111. The van der Waals surface area contributed by atoms with Gasteiger partial charge >= 0.3 is 0 Å². The van der Waals surface area contributed by atoms with Crippen molar-refractivity contribution in [1.29, 1.82) is 0 Å². The number of carbonyl (C=O) groups excluding carboxylic acids is 1. The van der Waals surface area contributed by atoms with Crippen LogP contribution in [0.4, 0.5) is 11.4 Å².